The molecule has 0 spiro atoms. The van der Waals surface area contributed by atoms with Crippen LogP contribution in [0.15, 0.2) is 23.7 Å². The Bertz CT molecular complexity index is 654. The van der Waals surface area contributed by atoms with Crippen molar-refractivity contribution in [1.82, 2.24) is 9.97 Å². The molecular formula is C13H13N3O3S. The zero-order chi connectivity index (χ0) is 14.7. The Balaban J connectivity index is 2.31. The number of aryl methyl sites for hydroxylation is 1. The first-order valence-electron chi connectivity index (χ1n) is 5.86. The number of hydrogen-bond donors (Lipinski definition) is 1. The monoisotopic (exact) mass is 291 g/mol. The molecule has 1 N–H and O–H groups in total. The Morgan fingerprint density at radius 2 is 2.20 bits per heavy atom. The molecule has 0 saturated heterocycles. The lowest BCUT2D eigenvalue weighted by Crippen LogP contribution is -2.28. The highest BCUT2D eigenvalue weighted by molar-refractivity contribution is 7.09. The third-order valence-corrected chi connectivity index (χ3v) is 3.57. The van der Waals surface area contributed by atoms with E-state index in [1.54, 1.807) is 6.07 Å². The Hall–Kier alpha value is -2.28. The van der Waals surface area contributed by atoms with Gasteiger partial charge in [-0.2, -0.15) is 0 Å². The summed E-state index contributed by atoms with van der Waals surface area (Å²) in [7, 11) is 0. The molecule has 0 bridgehead atoms. The van der Waals surface area contributed by atoms with Crippen LogP contribution < -0.4 is 4.90 Å². The molecule has 0 aliphatic rings. The van der Waals surface area contributed by atoms with Gasteiger partial charge >= 0.3 is 5.97 Å². The van der Waals surface area contributed by atoms with Gasteiger partial charge in [-0.05, 0) is 19.1 Å². The highest BCUT2D eigenvalue weighted by Crippen LogP contribution is 2.20. The summed E-state index contributed by atoms with van der Waals surface area (Å²) < 4.78 is 0. The first kappa shape index (κ1) is 14.1. The van der Waals surface area contributed by atoms with Gasteiger partial charge in [0, 0.05) is 29.9 Å². The van der Waals surface area contributed by atoms with Crippen molar-refractivity contribution in [3.8, 4) is 0 Å². The maximum absolute atomic E-state index is 11.8. The summed E-state index contributed by atoms with van der Waals surface area (Å²) in [5.74, 6) is -1.30. The number of aromatic carboxylic acids is 1. The third-order valence-electron chi connectivity index (χ3n) is 2.61. The minimum absolute atomic E-state index is 0.0935. The Labute approximate surface area is 119 Å². The number of carbonyl (C=O) groups is 2. The summed E-state index contributed by atoms with van der Waals surface area (Å²) in [4.78, 5) is 32.2. The van der Waals surface area contributed by atoms with Gasteiger partial charge in [0.25, 0.3) is 0 Å². The van der Waals surface area contributed by atoms with Gasteiger partial charge in [0.2, 0.25) is 5.91 Å². The van der Waals surface area contributed by atoms with Crippen molar-refractivity contribution in [2.45, 2.75) is 20.4 Å². The van der Waals surface area contributed by atoms with Crippen molar-refractivity contribution in [2.24, 2.45) is 0 Å². The molecule has 1 amide bonds. The summed E-state index contributed by atoms with van der Waals surface area (Å²) >= 11 is 1.46. The Kier molecular flexibility index (Phi) is 4.09. The number of carbonyl (C=O) groups excluding carboxylic acids is 1. The highest BCUT2D eigenvalue weighted by Gasteiger charge is 2.16. The third kappa shape index (κ3) is 3.18. The lowest BCUT2D eigenvalue weighted by molar-refractivity contribution is -0.116. The fourth-order valence-electron chi connectivity index (χ4n) is 1.70. The van der Waals surface area contributed by atoms with E-state index < -0.39 is 5.97 Å². The number of hydrogen-bond acceptors (Lipinski definition) is 5. The van der Waals surface area contributed by atoms with Crippen LogP contribution in [0.2, 0.25) is 0 Å². The molecule has 0 aromatic carbocycles. The highest BCUT2D eigenvalue weighted by atomic mass is 32.1. The number of aromatic nitrogens is 2. The zero-order valence-electron chi connectivity index (χ0n) is 11.0. The minimum atomic E-state index is -1.12. The molecule has 6 nitrogen and oxygen atoms in total. The molecule has 0 fully saturated rings. The van der Waals surface area contributed by atoms with Gasteiger partial charge in [0.05, 0.1) is 6.54 Å². The minimum Gasteiger partial charge on any atom is -0.477 e. The molecular weight excluding hydrogens is 278 g/mol. The van der Waals surface area contributed by atoms with Crippen LogP contribution >= 0.6 is 11.3 Å². The predicted octanol–water partition coefficient (Wildman–Crippen LogP) is 2.10. The molecule has 0 unspecified atom stereocenters. The van der Waals surface area contributed by atoms with E-state index in [0.29, 0.717) is 12.2 Å². The van der Waals surface area contributed by atoms with E-state index in [-0.39, 0.29) is 11.6 Å². The van der Waals surface area contributed by atoms with E-state index in [0.717, 1.165) is 10.7 Å². The van der Waals surface area contributed by atoms with Gasteiger partial charge in [-0.1, -0.05) is 0 Å². The number of thiazole rings is 1. The number of pyridine rings is 1. The second-order valence-corrected chi connectivity index (χ2v) is 5.13. The molecule has 104 valence electrons. The first-order valence-corrected chi connectivity index (χ1v) is 6.74. The SMILES string of the molecule is CC(=O)N(Cc1nc(C)cs1)c1ccnc(C(=O)O)c1. The summed E-state index contributed by atoms with van der Waals surface area (Å²) in [6, 6.07) is 2.98. The van der Waals surface area contributed by atoms with E-state index >= 15 is 0 Å². The normalized spacial score (nSPS) is 10.3. The topological polar surface area (TPSA) is 83.4 Å². The molecule has 0 radical (unpaired) electrons. The summed E-state index contributed by atoms with van der Waals surface area (Å²) in [6.45, 7) is 3.63. The van der Waals surface area contributed by atoms with Crippen LogP contribution in [0.3, 0.4) is 0 Å². The maximum Gasteiger partial charge on any atom is 0.354 e. The summed E-state index contributed by atoms with van der Waals surface area (Å²) in [5, 5.41) is 11.6. The van der Waals surface area contributed by atoms with E-state index in [1.807, 2.05) is 12.3 Å². The number of anilines is 1. The average molecular weight is 291 g/mol. The lowest BCUT2D eigenvalue weighted by atomic mass is 10.3. The van der Waals surface area contributed by atoms with Crippen LogP contribution in [0.25, 0.3) is 0 Å². The van der Waals surface area contributed by atoms with Crippen molar-refractivity contribution in [2.75, 3.05) is 4.90 Å². The lowest BCUT2D eigenvalue weighted by Gasteiger charge is -2.20. The van der Waals surface area contributed by atoms with Gasteiger partial charge in [-0.15, -0.1) is 11.3 Å². The Morgan fingerprint density at radius 3 is 2.75 bits per heavy atom. The van der Waals surface area contributed by atoms with Crippen LogP contribution in [0.1, 0.15) is 28.1 Å². The molecule has 2 heterocycles. The van der Waals surface area contributed by atoms with Gasteiger partial charge in [0.1, 0.15) is 10.7 Å². The van der Waals surface area contributed by atoms with Crippen molar-refractivity contribution < 1.29 is 14.7 Å². The average Bonchev–Trinajstić information content (AvgIpc) is 2.81. The van der Waals surface area contributed by atoms with Gasteiger partial charge < -0.3 is 10.0 Å². The van der Waals surface area contributed by atoms with Crippen molar-refractivity contribution in [3.05, 3.63) is 40.1 Å². The zero-order valence-corrected chi connectivity index (χ0v) is 11.8. The quantitative estimate of drug-likeness (QED) is 0.932. The van der Waals surface area contributed by atoms with Crippen LogP contribution in [0.5, 0.6) is 0 Å². The fourth-order valence-corrected chi connectivity index (χ4v) is 2.46. The van der Waals surface area contributed by atoms with E-state index in [1.165, 1.54) is 35.4 Å². The largest absolute Gasteiger partial charge is 0.477 e. The molecule has 2 aromatic rings. The molecule has 2 rings (SSSR count). The maximum atomic E-state index is 11.8. The summed E-state index contributed by atoms with van der Waals surface area (Å²) in [6.07, 6.45) is 1.38. The molecule has 0 aliphatic heterocycles. The van der Waals surface area contributed by atoms with Gasteiger partial charge in [-0.3, -0.25) is 4.79 Å². The number of amides is 1. The van der Waals surface area contributed by atoms with Crippen LogP contribution in [0, 0.1) is 6.92 Å². The standard InChI is InChI=1S/C13H13N3O3S/c1-8-7-20-12(15-8)6-16(9(2)17)10-3-4-14-11(5-10)13(18)19/h3-5,7H,6H2,1-2H3,(H,18,19). The molecule has 0 saturated carbocycles. The number of rotatable bonds is 4. The van der Waals surface area contributed by atoms with Crippen molar-refractivity contribution in [1.29, 1.82) is 0 Å². The van der Waals surface area contributed by atoms with Gasteiger partial charge in [-0.25, -0.2) is 14.8 Å². The van der Waals surface area contributed by atoms with Crippen molar-refractivity contribution >= 4 is 28.9 Å². The smallest absolute Gasteiger partial charge is 0.354 e. The number of carboxylic acid groups (broad SMARTS) is 1. The second kappa shape index (κ2) is 5.79. The van der Waals surface area contributed by atoms with Crippen LogP contribution in [-0.4, -0.2) is 27.0 Å². The molecule has 2 aromatic heterocycles. The van der Waals surface area contributed by atoms with Crippen LogP contribution in [0.4, 0.5) is 5.69 Å². The van der Waals surface area contributed by atoms with Crippen LogP contribution in [-0.2, 0) is 11.3 Å². The molecule has 7 heteroatoms. The molecule has 0 atom stereocenters. The fraction of sp³-hybridized carbons (Fsp3) is 0.231. The summed E-state index contributed by atoms with van der Waals surface area (Å²) in [5.41, 5.74) is 1.30. The van der Waals surface area contributed by atoms with E-state index in [2.05, 4.69) is 9.97 Å². The second-order valence-electron chi connectivity index (χ2n) is 4.19. The number of nitrogens with zero attached hydrogens (tertiary/aromatic N) is 3. The Morgan fingerprint density at radius 1 is 1.45 bits per heavy atom. The molecule has 20 heavy (non-hydrogen) atoms. The number of carboxylic acids is 1. The molecule has 0 aliphatic carbocycles. The first-order chi connectivity index (χ1) is 9.47. The predicted molar refractivity (Wildman–Crippen MR) is 74.9 cm³/mol. The van der Waals surface area contributed by atoms with Crippen molar-refractivity contribution in [3.63, 3.8) is 0 Å². The van der Waals surface area contributed by atoms with E-state index in [4.69, 9.17) is 5.11 Å². The van der Waals surface area contributed by atoms with E-state index in [9.17, 15) is 9.59 Å². The van der Waals surface area contributed by atoms with Gasteiger partial charge in [0.15, 0.2) is 0 Å².